The SMILES string of the molecule is C[C@H](Cl)C(=O)NCCNC(=O)N[C@H](C)c1cccc(C(F)(F)F)c1. The van der Waals surface area contributed by atoms with Crippen molar-refractivity contribution >= 4 is 23.5 Å². The topological polar surface area (TPSA) is 70.2 Å². The molecule has 0 aliphatic carbocycles. The molecular formula is C15H19ClF3N3O2. The number of urea groups is 1. The summed E-state index contributed by atoms with van der Waals surface area (Å²) < 4.78 is 38.0. The van der Waals surface area contributed by atoms with Crippen molar-refractivity contribution in [2.75, 3.05) is 13.1 Å². The van der Waals surface area contributed by atoms with E-state index in [1.165, 1.54) is 19.1 Å². The standard InChI is InChI=1S/C15H19ClF3N3O2/c1-9(16)13(23)20-6-7-21-14(24)22-10(2)11-4-3-5-12(8-11)15(17,18)19/h3-5,8-10H,6-7H2,1-2H3,(H,20,23)(H2,21,22,24)/t9-,10+/m0/s1. The van der Waals surface area contributed by atoms with Gasteiger partial charge in [0.2, 0.25) is 5.91 Å². The minimum absolute atomic E-state index is 0.163. The molecule has 0 heterocycles. The molecule has 3 N–H and O–H groups in total. The highest BCUT2D eigenvalue weighted by Crippen LogP contribution is 2.30. The Labute approximate surface area is 142 Å². The lowest BCUT2D eigenvalue weighted by molar-refractivity contribution is -0.137. The smallest absolute Gasteiger partial charge is 0.353 e. The number of benzene rings is 1. The van der Waals surface area contributed by atoms with Crippen molar-refractivity contribution in [1.82, 2.24) is 16.0 Å². The van der Waals surface area contributed by atoms with E-state index in [9.17, 15) is 22.8 Å². The zero-order valence-corrected chi connectivity index (χ0v) is 14.0. The van der Waals surface area contributed by atoms with Crippen molar-refractivity contribution in [3.05, 3.63) is 35.4 Å². The molecule has 0 saturated carbocycles. The Balaban J connectivity index is 2.46. The summed E-state index contributed by atoms with van der Waals surface area (Å²) >= 11 is 5.56. The largest absolute Gasteiger partial charge is 0.416 e. The van der Waals surface area contributed by atoms with Gasteiger partial charge in [-0.3, -0.25) is 4.79 Å². The summed E-state index contributed by atoms with van der Waals surface area (Å²) in [5.74, 6) is -0.351. The van der Waals surface area contributed by atoms with E-state index in [0.29, 0.717) is 5.56 Å². The van der Waals surface area contributed by atoms with E-state index < -0.39 is 29.2 Å². The van der Waals surface area contributed by atoms with Gasteiger partial charge in [0.25, 0.3) is 0 Å². The summed E-state index contributed by atoms with van der Waals surface area (Å²) in [6, 6.07) is 3.60. The van der Waals surface area contributed by atoms with Crippen LogP contribution in [0.1, 0.15) is 31.0 Å². The zero-order valence-electron chi connectivity index (χ0n) is 13.2. The number of halogens is 4. The van der Waals surface area contributed by atoms with Crippen LogP contribution in [-0.4, -0.2) is 30.4 Å². The van der Waals surface area contributed by atoms with Crippen molar-refractivity contribution in [3.8, 4) is 0 Å². The average Bonchev–Trinajstić information content (AvgIpc) is 2.50. The molecule has 9 heteroatoms. The number of hydrogen-bond acceptors (Lipinski definition) is 2. The third-order valence-electron chi connectivity index (χ3n) is 3.13. The number of alkyl halides is 4. The van der Waals surface area contributed by atoms with Gasteiger partial charge in [-0.05, 0) is 31.5 Å². The highest BCUT2D eigenvalue weighted by Gasteiger charge is 2.30. The predicted octanol–water partition coefficient (Wildman–Crippen LogP) is 2.81. The van der Waals surface area contributed by atoms with Gasteiger partial charge in [-0.15, -0.1) is 11.6 Å². The third-order valence-corrected chi connectivity index (χ3v) is 3.33. The van der Waals surface area contributed by atoms with Gasteiger partial charge in [-0.25, -0.2) is 4.79 Å². The monoisotopic (exact) mass is 365 g/mol. The van der Waals surface area contributed by atoms with Gasteiger partial charge in [0.15, 0.2) is 0 Å². The van der Waals surface area contributed by atoms with Gasteiger partial charge in [0, 0.05) is 13.1 Å². The van der Waals surface area contributed by atoms with E-state index in [1.54, 1.807) is 6.92 Å². The molecule has 1 aromatic rings. The molecule has 0 spiro atoms. The Bertz CT molecular complexity index is 579. The van der Waals surface area contributed by atoms with Crippen LogP contribution in [0.2, 0.25) is 0 Å². The van der Waals surface area contributed by atoms with E-state index >= 15 is 0 Å². The van der Waals surface area contributed by atoms with Gasteiger partial charge >= 0.3 is 12.2 Å². The number of amides is 3. The first kappa shape index (κ1) is 20.1. The maximum Gasteiger partial charge on any atom is 0.416 e. The average molecular weight is 366 g/mol. The number of carbonyl (C=O) groups excluding carboxylic acids is 2. The molecule has 0 unspecified atom stereocenters. The maximum atomic E-state index is 12.7. The number of nitrogens with one attached hydrogen (secondary N) is 3. The minimum Gasteiger partial charge on any atom is -0.353 e. The first-order chi connectivity index (χ1) is 11.1. The van der Waals surface area contributed by atoms with Gasteiger partial charge in [0.1, 0.15) is 5.38 Å². The van der Waals surface area contributed by atoms with Crippen LogP contribution < -0.4 is 16.0 Å². The molecule has 24 heavy (non-hydrogen) atoms. The van der Waals surface area contributed by atoms with Crippen molar-refractivity contribution in [2.24, 2.45) is 0 Å². The number of rotatable bonds is 6. The molecule has 0 aliphatic rings. The highest BCUT2D eigenvalue weighted by molar-refractivity contribution is 6.30. The molecule has 1 rings (SSSR count). The second-order valence-electron chi connectivity index (χ2n) is 5.15. The van der Waals surface area contributed by atoms with Gasteiger partial charge < -0.3 is 16.0 Å². The molecule has 134 valence electrons. The Morgan fingerprint density at radius 3 is 2.38 bits per heavy atom. The Morgan fingerprint density at radius 2 is 1.79 bits per heavy atom. The van der Waals surface area contributed by atoms with Crippen molar-refractivity contribution in [1.29, 1.82) is 0 Å². The van der Waals surface area contributed by atoms with Crippen LogP contribution in [0.3, 0.4) is 0 Å². The van der Waals surface area contributed by atoms with Gasteiger partial charge in [-0.2, -0.15) is 13.2 Å². The summed E-state index contributed by atoms with van der Waals surface area (Å²) in [6.45, 7) is 3.46. The first-order valence-corrected chi connectivity index (χ1v) is 7.68. The molecule has 0 saturated heterocycles. The summed E-state index contributed by atoms with van der Waals surface area (Å²) in [4.78, 5) is 22.9. The van der Waals surface area contributed by atoms with Crippen LogP contribution in [0.4, 0.5) is 18.0 Å². The van der Waals surface area contributed by atoms with Crippen molar-refractivity contribution < 1.29 is 22.8 Å². The second-order valence-corrected chi connectivity index (χ2v) is 5.81. The van der Waals surface area contributed by atoms with Crippen LogP contribution in [0, 0.1) is 0 Å². The predicted molar refractivity (Wildman–Crippen MR) is 84.7 cm³/mol. The summed E-state index contributed by atoms with van der Waals surface area (Å²) in [7, 11) is 0. The molecule has 0 radical (unpaired) electrons. The summed E-state index contributed by atoms with van der Waals surface area (Å²) in [6.07, 6.45) is -4.43. The summed E-state index contributed by atoms with van der Waals surface area (Å²) in [5.41, 5.74) is -0.434. The second kappa shape index (κ2) is 8.77. The maximum absolute atomic E-state index is 12.7. The lowest BCUT2D eigenvalue weighted by atomic mass is 10.1. The molecule has 5 nitrogen and oxygen atoms in total. The van der Waals surface area contributed by atoms with E-state index in [2.05, 4.69) is 16.0 Å². The van der Waals surface area contributed by atoms with Crippen LogP contribution in [0.25, 0.3) is 0 Å². The molecule has 2 atom stereocenters. The third kappa shape index (κ3) is 6.66. The number of carbonyl (C=O) groups is 2. The molecule has 1 aromatic carbocycles. The van der Waals surface area contributed by atoms with Crippen LogP contribution in [0.15, 0.2) is 24.3 Å². The van der Waals surface area contributed by atoms with E-state index in [-0.39, 0.29) is 19.0 Å². The van der Waals surface area contributed by atoms with Crippen LogP contribution in [-0.2, 0) is 11.0 Å². The fourth-order valence-corrected chi connectivity index (χ4v) is 1.89. The molecule has 0 fully saturated rings. The lowest BCUT2D eigenvalue weighted by Gasteiger charge is -2.17. The highest BCUT2D eigenvalue weighted by atomic mass is 35.5. The molecule has 0 bridgehead atoms. The molecule has 0 aromatic heterocycles. The van der Waals surface area contributed by atoms with Crippen molar-refractivity contribution in [3.63, 3.8) is 0 Å². The quantitative estimate of drug-likeness (QED) is 0.536. The van der Waals surface area contributed by atoms with Crippen LogP contribution >= 0.6 is 11.6 Å². The first-order valence-electron chi connectivity index (χ1n) is 7.24. The van der Waals surface area contributed by atoms with Crippen molar-refractivity contribution in [2.45, 2.75) is 31.4 Å². The van der Waals surface area contributed by atoms with Crippen LogP contribution in [0.5, 0.6) is 0 Å². The molecule has 0 aliphatic heterocycles. The lowest BCUT2D eigenvalue weighted by Crippen LogP contribution is -2.42. The Hall–Kier alpha value is -1.96. The normalized spacial score (nSPS) is 13.8. The van der Waals surface area contributed by atoms with Gasteiger partial charge in [0.05, 0.1) is 11.6 Å². The Morgan fingerprint density at radius 1 is 1.17 bits per heavy atom. The Kier molecular flexibility index (Phi) is 7.34. The fraction of sp³-hybridized carbons (Fsp3) is 0.467. The van der Waals surface area contributed by atoms with E-state index in [4.69, 9.17) is 11.6 Å². The zero-order chi connectivity index (χ0) is 18.3. The fourth-order valence-electron chi connectivity index (χ4n) is 1.82. The minimum atomic E-state index is -4.43. The summed E-state index contributed by atoms with van der Waals surface area (Å²) in [5, 5.41) is 6.86. The van der Waals surface area contributed by atoms with E-state index in [1.807, 2.05) is 0 Å². The molecule has 3 amide bonds. The van der Waals surface area contributed by atoms with Gasteiger partial charge in [-0.1, -0.05) is 12.1 Å². The van der Waals surface area contributed by atoms with E-state index in [0.717, 1.165) is 12.1 Å². The molecular weight excluding hydrogens is 347 g/mol. The number of hydrogen-bond donors (Lipinski definition) is 3.